The van der Waals surface area contributed by atoms with E-state index in [2.05, 4.69) is 121 Å². The highest BCUT2D eigenvalue weighted by Gasteiger charge is 2.54. The molecule has 0 aliphatic heterocycles. The maximum Gasteiger partial charge on any atom is -0.00240 e. The third-order valence-electron chi connectivity index (χ3n) is 7.56. The molecule has 2 unspecified atom stereocenters. The number of rotatable bonds is 6. The average molecular weight is 465 g/mol. The summed E-state index contributed by atoms with van der Waals surface area (Å²) < 4.78 is 0. The zero-order valence-corrected chi connectivity index (χ0v) is 20.7. The van der Waals surface area contributed by atoms with E-state index in [0.29, 0.717) is 0 Å². The fraction of sp³-hybridized carbons (Fsp3) is 0.226. The summed E-state index contributed by atoms with van der Waals surface area (Å²) in [5.74, 6) is 1.70. The maximum atomic E-state index is 2.40. The lowest BCUT2D eigenvalue weighted by Gasteiger charge is -2.42. The maximum absolute atomic E-state index is 2.40. The largest absolute Gasteiger partial charge is 0.0622 e. The SMILES string of the molecule is c1ccc(P(c2ccccc2)[C@@H]2C3CCC(C3)[C@H]2P(c2ccccc2)c2ccccc2)cc1. The summed E-state index contributed by atoms with van der Waals surface area (Å²) in [6.07, 6.45) is 4.25. The van der Waals surface area contributed by atoms with E-state index in [0.717, 1.165) is 23.2 Å². The molecule has 2 heteroatoms. The molecule has 0 saturated heterocycles. The summed E-state index contributed by atoms with van der Waals surface area (Å²) >= 11 is 0. The normalized spacial score (nSPS) is 23.9. The van der Waals surface area contributed by atoms with Crippen LogP contribution in [0.15, 0.2) is 121 Å². The van der Waals surface area contributed by atoms with Crippen LogP contribution in [0.4, 0.5) is 0 Å². The van der Waals surface area contributed by atoms with Crippen LogP contribution < -0.4 is 21.2 Å². The van der Waals surface area contributed by atoms with Crippen LogP contribution in [-0.4, -0.2) is 11.3 Å². The second-order valence-corrected chi connectivity index (χ2v) is 14.1. The van der Waals surface area contributed by atoms with Crippen molar-refractivity contribution in [2.75, 3.05) is 0 Å². The lowest BCUT2D eigenvalue weighted by Crippen LogP contribution is -2.39. The Kier molecular flexibility index (Phi) is 6.15. The van der Waals surface area contributed by atoms with Gasteiger partial charge in [-0.2, -0.15) is 0 Å². The first-order valence-electron chi connectivity index (χ1n) is 12.2. The lowest BCUT2D eigenvalue weighted by molar-refractivity contribution is 0.498. The Morgan fingerprint density at radius 2 is 0.667 bits per heavy atom. The van der Waals surface area contributed by atoms with Gasteiger partial charge in [-0.1, -0.05) is 121 Å². The first-order chi connectivity index (χ1) is 16.4. The third-order valence-corrected chi connectivity index (χ3v) is 13.9. The van der Waals surface area contributed by atoms with E-state index in [4.69, 9.17) is 0 Å². The van der Waals surface area contributed by atoms with Crippen molar-refractivity contribution >= 4 is 37.1 Å². The van der Waals surface area contributed by atoms with E-state index < -0.39 is 15.8 Å². The van der Waals surface area contributed by atoms with E-state index in [1.807, 2.05) is 0 Å². The zero-order valence-electron chi connectivity index (χ0n) is 18.9. The standard InChI is InChI=1S/C31H30P2/c1-5-13-26(14-6-1)32(27-15-7-2-8-16-27)30-24-21-22-25(23-24)31(30)33(28-17-9-3-10-18-28)29-19-11-4-12-20-29/h1-20,24-25,30-31H,21-23H2/t24?,25?,30-,31-/m1/s1. The molecule has 2 fully saturated rings. The number of hydrogen-bond acceptors (Lipinski definition) is 0. The molecule has 6 rings (SSSR count). The van der Waals surface area contributed by atoms with Gasteiger partial charge in [0, 0.05) is 0 Å². The Morgan fingerprint density at radius 1 is 0.394 bits per heavy atom. The van der Waals surface area contributed by atoms with Crippen LogP contribution in [0.1, 0.15) is 19.3 Å². The van der Waals surface area contributed by atoms with E-state index >= 15 is 0 Å². The smallest absolute Gasteiger partial charge is 0.00240 e. The minimum Gasteiger partial charge on any atom is -0.0622 e. The van der Waals surface area contributed by atoms with Crippen LogP contribution in [0, 0.1) is 11.8 Å². The molecule has 4 aromatic rings. The van der Waals surface area contributed by atoms with Gasteiger partial charge in [-0.3, -0.25) is 0 Å². The highest BCUT2D eigenvalue weighted by Crippen LogP contribution is 2.66. The quantitative estimate of drug-likeness (QED) is 0.289. The second-order valence-electron chi connectivity index (χ2n) is 9.40. The number of benzene rings is 4. The fourth-order valence-corrected chi connectivity index (χ4v) is 13.5. The molecular formula is C31H30P2. The van der Waals surface area contributed by atoms with Crippen molar-refractivity contribution in [1.82, 2.24) is 0 Å². The molecule has 0 N–H and O–H groups in total. The first-order valence-corrected chi connectivity index (χ1v) is 15.0. The summed E-state index contributed by atoms with van der Waals surface area (Å²) in [4.78, 5) is 0. The van der Waals surface area contributed by atoms with Gasteiger partial charge in [-0.25, -0.2) is 0 Å². The summed E-state index contributed by atoms with van der Waals surface area (Å²) in [5, 5.41) is 6.21. The predicted octanol–water partition coefficient (Wildman–Crippen LogP) is 6.42. The molecule has 2 aliphatic rings. The van der Waals surface area contributed by atoms with Gasteiger partial charge in [-0.15, -0.1) is 0 Å². The summed E-state index contributed by atoms with van der Waals surface area (Å²) in [5.41, 5.74) is 1.49. The van der Waals surface area contributed by atoms with Gasteiger partial charge in [-0.05, 0) is 79.5 Å². The molecule has 4 atom stereocenters. The Balaban J connectivity index is 1.51. The summed E-state index contributed by atoms with van der Waals surface area (Å²) in [7, 11) is -0.806. The van der Waals surface area contributed by atoms with Gasteiger partial charge < -0.3 is 0 Å². The van der Waals surface area contributed by atoms with Crippen molar-refractivity contribution < 1.29 is 0 Å². The molecule has 2 aliphatic carbocycles. The van der Waals surface area contributed by atoms with Crippen molar-refractivity contribution in [3.63, 3.8) is 0 Å². The molecule has 0 radical (unpaired) electrons. The Hall–Kier alpha value is -2.26. The molecule has 2 bridgehead atoms. The Bertz CT molecular complexity index is 987. The van der Waals surface area contributed by atoms with Crippen LogP contribution in [0.25, 0.3) is 0 Å². The molecule has 164 valence electrons. The van der Waals surface area contributed by atoms with Gasteiger partial charge in [0.15, 0.2) is 0 Å². The van der Waals surface area contributed by atoms with E-state index in [-0.39, 0.29) is 0 Å². The van der Waals surface area contributed by atoms with Crippen LogP contribution in [-0.2, 0) is 0 Å². The minimum atomic E-state index is -0.403. The molecule has 0 nitrogen and oxygen atoms in total. The van der Waals surface area contributed by atoms with Gasteiger partial charge >= 0.3 is 0 Å². The molecular weight excluding hydrogens is 434 g/mol. The van der Waals surface area contributed by atoms with E-state index in [1.54, 1.807) is 21.2 Å². The molecule has 0 aromatic heterocycles. The van der Waals surface area contributed by atoms with E-state index in [9.17, 15) is 0 Å². The third kappa shape index (κ3) is 4.10. The van der Waals surface area contributed by atoms with Gasteiger partial charge in [0.2, 0.25) is 0 Å². The van der Waals surface area contributed by atoms with Crippen LogP contribution in [0.3, 0.4) is 0 Å². The number of hydrogen-bond donors (Lipinski definition) is 0. The predicted molar refractivity (Wildman–Crippen MR) is 147 cm³/mol. The van der Waals surface area contributed by atoms with Gasteiger partial charge in [0.05, 0.1) is 0 Å². The molecule has 0 heterocycles. The summed E-state index contributed by atoms with van der Waals surface area (Å²) in [6, 6.07) is 45.8. The fourth-order valence-electron chi connectivity index (χ4n) is 6.30. The highest BCUT2D eigenvalue weighted by atomic mass is 31.1. The molecule has 0 spiro atoms. The van der Waals surface area contributed by atoms with Crippen LogP contribution >= 0.6 is 15.8 Å². The molecule has 4 aromatic carbocycles. The number of fused-ring (bicyclic) bond motifs is 2. The van der Waals surface area contributed by atoms with Crippen molar-refractivity contribution in [2.24, 2.45) is 11.8 Å². The first kappa shape index (κ1) is 21.3. The second kappa shape index (κ2) is 9.54. The Labute approximate surface area is 200 Å². The summed E-state index contributed by atoms with van der Waals surface area (Å²) in [6.45, 7) is 0. The lowest BCUT2D eigenvalue weighted by atomic mass is 9.99. The van der Waals surface area contributed by atoms with Gasteiger partial charge in [0.25, 0.3) is 0 Å². The minimum absolute atomic E-state index is 0.403. The monoisotopic (exact) mass is 464 g/mol. The Morgan fingerprint density at radius 3 is 0.939 bits per heavy atom. The van der Waals surface area contributed by atoms with Crippen molar-refractivity contribution in [3.8, 4) is 0 Å². The average Bonchev–Trinajstić information content (AvgIpc) is 3.50. The zero-order chi connectivity index (χ0) is 22.0. The topological polar surface area (TPSA) is 0 Å². The van der Waals surface area contributed by atoms with Crippen molar-refractivity contribution in [1.29, 1.82) is 0 Å². The van der Waals surface area contributed by atoms with Crippen molar-refractivity contribution in [2.45, 2.75) is 30.6 Å². The van der Waals surface area contributed by atoms with Crippen LogP contribution in [0.5, 0.6) is 0 Å². The molecule has 0 amide bonds. The molecule has 33 heavy (non-hydrogen) atoms. The van der Waals surface area contributed by atoms with E-state index in [1.165, 1.54) is 19.3 Å². The van der Waals surface area contributed by atoms with Crippen molar-refractivity contribution in [3.05, 3.63) is 121 Å². The van der Waals surface area contributed by atoms with Crippen LogP contribution in [0.2, 0.25) is 0 Å². The van der Waals surface area contributed by atoms with Gasteiger partial charge in [0.1, 0.15) is 0 Å². The highest BCUT2D eigenvalue weighted by molar-refractivity contribution is 7.77. The molecule has 2 saturated carbocycles.